The summed E-state index contributed by atoms with van der Waals surface area (Å²) >= 11 is 0. The molecule has 0 radical (unpaired) electrons. The van der Waals surface area contributed by atoms with Gasteiger partial charge in [0.15, 0.2) is 5.78 Å². The molecule has 0 amide bonds. The van der Waals surface area contributed by atoms with Crippen LogP contribution in [0.1, 0.15) is 29.2 Å². The largest absolute Gasteiger partial charge is 0.416 e. The first-order valence-electron chi connectivity index (χ1n) is 7.86. The molecular weight excluding hydrogens is 341 g/mol. The minimum atomic E-state index is -4.40. The molecule has 0 aromatic heterocycles. The van der Waals surface area contributed by atoms with E-state index in [9.17, 15) is 18.0 Å². The molecule has 0 atom stereocenters. The van der Waals surface area contributed by atoms with E-state index in [0.29, 0.717) is 17.8 Å². The van der Waals surface area contributed by atoms with Crippen molar-refractivity contribution >= 4 is 17.6 Å². The number of rotatable bonds is 6. The van der Waals surface area contributed by atoms with E-state index in [1.54, 1.807) is 6.08 Å². The molecule has 0 aliphatic carbocycles. The fraction of sp³-hybridized carbons (Fsp3) is 0.150. The first-order valence-corrected chi connectivity index (χ1v) is 7.86. The predicted octanol–water partition coefficient (Wildman–Crippen LogP) is 4.35. The molecule has 0 aliphatic rings. The molecule has 0 unspecified atom stereocenters. The van der Waals surface area contributed by atoms with Crippen molar-refractivity contribution in [3.63, 3.8) is 0 Å². The Balaban J connectivity index is 2.19. The van der Waals surface area contributed by atoms with Crippen LogP contribution in [0.3, 0.4) is 0 Å². The molecule has 2 rings (SSSR count). The number of hydrogen-bond acceptors (Lipinski definition) is 3. The second-order valence-electron chi connectivity index (χ2n) is 5.74. The molecule has 6 heteroatoms. The third-order valence-electron chi connectivity index (χ3n) is 3.75. The van der Waals surface area contributed by atoms with Gasteiger partial charge in [-0.25, -0.2) is 0 Å². The molecule has 2 aromatic carbocycles. The van der Waals surface area contributed by atoms with E-state index in [1.165, 1.54) is 19.1 Å². The third kappa shape index (κ3) is 5.07. The van der Waals surface area contributed by atoms with E-state index < -0.39 is 11.7 Å². The van der Waals surface area contributed by atoms with Gasteiger partial charge in [-0.2, -0.15) is 13.2 Å². The summed E-state index contributed by atoms with van der Waals surface area (Å²) in [4.78, 5) is 11.9. The highest BCUT2D eigenvalue weighted by atomic mass is 19.4. The summed E-state index contributed by atoms with van der Waals surface area (Å²) in [6.45, 7) is 5.63. The van der Waals surface area contributed by atoms with E-state index >= 15 is 0 Å². The first kappa shape index (κ1) is 19.5. The quantitative estimate of drug-likeness (QED) is 0.753. The Labute approximate surface area is 150 Å². The Morgan fingerprint density at radius 3 is 2.15 bits per heavy atom. The number of nitrogens with two attached hydrogens (primary N) is 1. The lowest BCUT2D eigenvalue weighted by Gasteiger charge is -2.13. The second kappa shape index (κ2) is 8.01. The number of benzene rings is 2. The highest BCUT2D eigenvalue weighted by Gasteiger charge is 2.30. The molecule has 3 N–H and O–H groups in total. The van der Waals surface area contributed by atoms with Gasteiger partial charge in [0.1, 0.15) is 0 Å². The van der Waals surface area contributed by atoms with Gasteiger partial charge in [0.25, 0.3) is 0 Å². The minimum Gasteiger partial charge on any atom is -0.353 e. The molecule has 0 heterocycles. The Bertz CT molecular complexity index is 820. The summed E-state index contributed by atoms with van der Waals surface area (Å²) in [7, 11) is 0. The number of nitrogens with one attached hydrogen (secondary N) is 1. The zero-order valence-corrected chi connectivity index (χ0v) is 14.2. The van der Waals surface area contributed by atoms with Gasteiger partial charge in [-0.05, 0) is 34.9 Å². The fourth-order valence-corrected chi connectivity index (χ4v) is 2.24. The predicted molar refractivity (Wildman–Crippen MR) is 96.6 cm³/mol. The molecule has 2 aromatic rings. The smallest absolute Gasteiger partial charge is 0.353 e. The van der Waals surface area contributed by atoms with Crippen LogP contribution < -0.4 is 11.1 Å². The van der Waals surface area contributed by atoms with Gasteiger partial charge in [-0.1, -0.05) is 43.0 Å². The van der Waals surface area contributed by atoms with Crippen LogP contribution in [0, 0.1) is 0 Å². The number of halogens is 3. The molecule has 0 bridgehead atoms. The Morgan fingerprint density at radius 2 is 1.69 bits per heavy atom. The Morgan fingerprint density at radius 1 is 1.12 bits per heavy atom. The first-order chi connectivity index (χ1) is 12.2. The molecule has 26 heavy (non-hydrogen) atoms. The highest BCUT2D eigenvalue weighted by Crippen LogP contribution is 2.29. The number of hydrogen-bond donors (Lipinski definition) is 2. The summed E-state index contributed by atoms with van der Waals surface area (Å²) < 4.78 is 37.9. The van der Waals surface area contributed by atoms with Crippen molar-refractivity contribution in [3.8, 4) is 0 Å². The van der Waals surface area contributed by atoms with Crippen molar-refractivity contribution in [2.45, 2.75) is 19.6 Å². The summed E-state index contributed by atoms with van der Waals surface area (Å²) in [5, 5.41) is 2.88. The number of carbonyl (C=O) groups excluding carboxylic acids is 1. The number of carbonyl (C=O) groups is 1. The average Bonchev–Trinajstić information content (AvgIpc) is 2.61. The number of allylic oxidation sites excluding steroid dienone is 1. The van der Waals surface area contributed by atoms with Gasteiger partial charge >= 0.3 is 6.18 Å². The molecule has 0 saturated heterocycles. The standard InChI is InChI=1S/C20H19F3N2O/c1-13(17-7-9-18(10-8-17)20(21,22)23)25-19(14(2)26)11-15-3-5-16(12-24)6-4-15/h3-11,25H,1,12,24H2,2H3/b19-11+. The molecule has 0 spiro atoms. The topological polar surface area (TPSA) is 55.1 Å². The van der Waals surface area contributed by atoms with Gasteiger partial charge in [0.2, 0.25) is 0 Å². The molecule has 0 fully saturated rings. The fourth-order valence-electron chi connectivity index (χ4n) is 2.24. The van der Waals surface area contributed by atoms with E-state index in [0.717, 1.165) is 23.3 Å². The van der Waals surface area contributed by atoms with Crippen molar-refractivity contribution in [2.24, 2.45) is 5.73 Å². The van der Waals surface area contributed by atoms with Crippen LogP contribution in [0.25, 0.3) is 11.8 Å². The number of alkyl halides is 3. The van der Waals surface area contributed by atoms with Crippen molar-refractivity contribution < 1.29 is 18.0 Å². The second-order valence-corrected chi connectivity index (χ2v) is 5.74. The Kier molecular flexibility index (Phi) is 6.00. The molecule has 3 nitrogen and oxygen atoms in total. The zero-order valence-electron chi connectivity index (χ0n) is 14.2. The van der Waals surface area contributed by atoms with Gasteiger partial charge in [0, 0.05) is 19.2 Å². The van der Waals surface area contributed by atoms with Gasteiger partial charge in [0.05, 0.1) is 11.3 Å². The van der Waals surface area contributed by atoms with Crippen molar-refractivity contribution in [3.05, 3.63) is 83.1 Å². The lowest BCUT2D eigenvalue weighted by atomic mass is 10.1. The number of ketones is 1. The zero-order chi connectivity index (χ0) is 19.3. The van der Waals surface area contributed by atoms with Crippen LogP contribution in [0.4, 0.5) is 13.2 Å². The maximum atomic E-state index is 12.6. The van der Waals surface area contributed by atoms with E-state index in [-0.39, 0.29) is 11.5 Å². The average molecular weight is 360 g/mol. The van der Waals surface area contributed by atoms with E-state index in [1.807, 2.05) is 24.3 Å². The van der Waals surface area contributed by atoms with Crippen LogP contribution in [0.15, 0.2) is 60.8 Å². The van der Waals surface area contributed by atoms with Crippen molar-refractivity contribution in [1.29, 1.82) is 0 Å². The van der Waals surface area contributed by atoms with Crippen LogP contribution in [-0.4, -0.2) is 5.78 Å². The maximum Gasteiger partial charge on any atom is 0.416 e. The van der Waals surface area contributed by atoms with Crippen LogP contribution in [0.2, 0.25) is 0 Å². The summed E-state index contributed by atoms with van der Waals surface area (Å²) in [5.74, 6) is -0.221. The van der Waals surface area contributed by atoms with Gasteiger partial charge in [-0.3, -0.25) is 4.79 Å². The Hall–Kier alpha value is -2.86. The lowest BCUT2D eigenvalue weighted by Crippen LogP contribution is -2.17. The summed E-state index contributed by atoms with van der Waals surface area (Å²) in [6.07, 6.45) is -2.74. The van der Waals surface area contributed by atoms with Crippen molar-refractivity contribution in [1.82, 2.24) is 5.32 Å². The van der Waals surface area contributed by atoms with E-state index in [4.69, 9.17) is 5.73 Å². The molecule has 0 aliphatic heterocycles. The van der Waals surface area contributed by atoms with Crippen LogP contribution >= 0.6 is 0 Å². The molecule has 136 valence electrons. The highest BCUT2D eigenvalue weighted by molar-refractivity contribution is 5.98. The maximum absolute atomic E-state index is 12.6. The number of Topliss-reactive ketones (excluding diaryl/α,β-unsaturated/α-hetero) is 1. The van der Waals surface area contributed by atoms with Crippen LogP contribution in [0.5, 0.6) is 0 Å². The SMILES string of the molecule is C=C(N/C(=C/c1ccc(CN)cc1)C(C)=O)c1ccc(C(F)(F)F)cc1. The normalized spacial score (nSPS) is 12.0. The van der Waals surface area contributed by atoms with Crippen molar-refractivity contribution in [2.75, 3.05) is 0 Å². The van der Waals surface area contributed by atoms with Gasteiger partial charge in [-0.15, -0.1) is 0 Å². The van der Waals surface area contributed by atoms with Crippen LogP contribution in [-0.2, 0) is 17.5 Å². The summed E-state index contributed by atoms with van der Waals surface area (Å²) in [6, 6.07) is 11.9. The third-order valence-corrected chi connectivity index (χ3v) is 3.75. The monoisotopic (exact) mass is 360 g/mol. The van der Waals surface area contributed by atoms with E-state index in [2.05, 4.69) is 11.9 Å². The summed E-state index contributed by atoms with van der Waals surface area (Å²) in [5.41, 5.74) is 7.65. The molecule has 0 saturated carbocycles. The van der Waals surface area contributed by atoms with Gasteiger partial charge < -0.3 is 11.1 Å². The minimum absolute atomic E-state index is 0.221. The molecular formula is C20H19F3N2O. The lowest BCUT2D eigenvalue weighted by molar-refractivity contribution is -0.137.